The number of carbonyl (C=O) groups excluding carboxylic acids is 1. The number of nitrogens with two attached hydrogens (primary N) is 1. The van der Waals surface area contributed by atoms with Gasteiger partial charge in [0.25, 0.3) is 0 Å². The van der Waals surface area contributed by atoms with Crippen molar-refractivity contribution in [3.8, 4) is 5.69 Å². The van der Waals surface area contributed by atoms with Crippen LogP contribution in [0.5, 0.6) is 0 Å². The summed E-state index contributed by atoms with van der Waals surface area (Å²) in [7, 11) is 0. The van der Waals surface area contributed by atoms with Crippen LogP contribution >= 0.6 is 28.3 Å². The van der Waals surface area contributed by atoms with Crippen molar-refractivity contribution in [2.24, 2.45) is 11.7 Å². The zero-order valence-corrected chi connectivity index (χ0v) is 15.8. The Hall–Kier alpha value is -1.70. The molecule has 8 heteroatoms. The average molecular weight is 430 g/mol. The lowest BCUT2D eigenvalue weighted by Gasteiger charge is -2.13. The molecule has 0 aliphatic carbocycles. The first-order valence-corrected chi connectivity index (χ1v) is 8.53. The van der Waals surface area contributed by atoms with Gasteiger partial charge in [0.05, 0.1) is 10.7 Å². The summed E-state index contributed by atoms with van der Waals surface area (Å²) in [5, 5.41) is 4.06. The SMILES string of the molecule is Cl.NCC1CCN(C(=O)C=Cc2ccc(-n3cc(Br)cn3)c(F)c2)C1. The van der Waals surface area contributed by atoms with Crippen LogP contribution in [0, 0.1) is 11.7 Å². The number of likely N-dealkylation sites (tertiary alicyclic amines) is 1. The van der Waals surface area contributed by atoms with Crippen LogP contribution in [0.1, 0.15) is 12.0 Å². The minimum absolute atomic E-state index is 0. The van der Waals surface area contributed by atoms with E-state index in [9.17, 15) is 9.18 Å². The molecule has 1 aliphatic rings. The molecule has 0 spiro atoms. The molecule has 2 aromatic rings. The quantitative estimate of drug-likeness (QED) is 0.760. The number of hydrogen-bond acceptors (Lipinski definition) is 3. The van der Waals surface area contributed by atoms with E-state index in [2.05, 4.69) is 21.0 Å². The Kier molecular flexibility index (Phi) is 6.75. The molecule has 1 fully saturated rings. The summed E-state index contributed by atoms with van der Waals surface area (Å²) in [6.07, 6.45) is 7.33. The first-order valence-electron chi connectivity index (χ1n) is 7.74. The van der Waals surface area contributed by atoms with Crippen molar-refractivity contribution in [2.45, 2.75) is 6.42 Å². The maximum Gasteiger partial charge on any atom is 0.246 e. The lowest BCUT2D eigenvalue weighted by atomic mass is 10.1. The van der Waals surface area contributed by atoms with Gasteiger partial charge in [0.1, 0.15) is 11.5 Å². The highest BCUT2D eigenvalue weighted by Crippen LogP contribution is 2.19. The van der Waals surface area contributed by atoms with Gasteiger partial charge in [0, 0.05) is 25.4 Å². The molecule has 1 aromatic heterocycles. The third-order valence-electron chi connectivity index (χ3n) is 4.12. The summed E-state index contributed by atoms with van der Waals surface area (Å²) >= 11 is 3.28. The fourth-order valence-electron chi connectivity index (χ4n) is 2.74. The zero-order chi connectivity index (χ0) is 17.1. The summed E-state index contributed by atoms with van der Waals surface area (Å²) in [6.45, 7) is 2.03. The van der Waals surface area contributed by atoms with Crippen LogP contribution in [0.2, 0.25) is 0 Å². The van der Waals surface area contributed by atoms with E-state index in [0.717, 1.165) is 17.4 Å². The molecule has 25 heavy (non-hydrogen) atoms. The van der Waals surface area contributed by atoms with Crippen molar-refractivity contribution < 1.29 is 9.18 Å². The maximum absolute atomic E-state index is 14.2. The van der Waals surface area contributed by atoms with Gasteiger partial charge in [-0.25, -0.2) is 9.07 Å². The summed E-state index contributed by atoms with van der Waals surface area (Å²) < 4.78 is 16.5. The monoisotopic (exact) mass is 428 g/mol. The molecule has 134 valence electrons. The Labute approximate surface area is 160 Å². The topological polar surface area (TPSA) is 64.2 Å². The van der Waals surface area contributed by atoms with Gasteiger partial charge in [-0.2, -0.15) is 5.10 Å². The van der Waals surface area contributed by atoms with Gasteiger partial charge in [0.15, 0.2) is 0 Å². The highest BCUT2D eigenvalue weighted by Gasteiger charge is 2.23. The van der Waals surface area contributed by atoms with Crippen molar-refractivity contribution in [1.29, 1.82) is 0 Å². The highest BCUT2D eigenvalue weighted by atomic mass is 79.9. The smallest absolute Gasteiger partial charge is 0.246 e. The van der Waals surface area contributed by atoms with Crippen molar-refractivity contribution in [2.75, 3.05) is 19.6 Å². The van der Waals surface area contributed by atoms with Crippen LogP contribution in [0.25, 0.3) is 11.8 Å². The second-order valence-electron chi connectivity index (χ2n) is 5.82. The fourth-order valence-corrected chi connectivity index (χ4v) is 3.03. The normalized spacial score (nSPS) is 17.1. The molecule has 1 unspecified atom stereocenters. The predicted octanol–water partition coefficient (Wildman–Crippen LogP) is 3.02. The van der Waals surface area contributed by atoms with E-state index in [1.54, 1.807) is 35.5 Å². The lowest BCUT2D eigenvalue weighted by Crippen LogP contribution is -2.28. The molecule has 1 aromatic carbocycles. The van der Waals surface area contributed by atoms with Gasteiger partial charge < -0.3 is 10.6 Å². The molecular weight excluding hydrogens is 411 g/mol. The van der Waals surface area contributed by atoms with E-state index >= 15 is 0 Å². The van der Waals surface area contributed by atoms with Gasteiger partial charge in [0.2, 0.25) is 5.91 Å². The van der Waals surface area contributed by atoms with E-state index in [-0.39, 0.29) is 18.3 Å². The molecule has 1 saturated heterocycles. The fraction of sp³-hybridized carbons (Fsp3) is 0.294. The number of hydrogen-bond donors (Lipinski definition) is 1. The average Bonchev–Trinajstić information content (AvgIpc) is 3.21. The van der Waals surface area contributed by atoms with Crippen molar-refractivity contribution >= 4 is 40.3 Å². The predicted molar refractivity (Wildman–Crippen MR) is 101 cm³/mol. The van der Waals surface area contributed by atoms with E-state index in [4.69, 9.17) is 5.73 Å². The summed E-state index contributed by atoms with van der Waals surface area (Å²) in [5.74, 6) is -0.0801. The second-order valence-corrected chi connectivity index (χ2v) is 6.74. The molecule has 0 radical (unpaired) electrons. The minimum Gasteiger partial charge on any atom is -0.339 e. The molecule has 0 bridgehead atoms. The first kappa shape index (κ1) is 19.6. The van der Waals surface area contributed by atoms with Crippen LogP contribution in [0.3, 0.4) is 0 Å². The van der Waals surface area contributed by atoms with E-state index in [1.165, 1.54) is 16.8 Å². The van der Waals surface area contributed by atoms with E-state index < -0.39 is 5.82 Å². The van der Waals surface area contributed by atoms with E-state index in [1.807, 2.05) is 0 Å². The molecular formula is C17H19BrClFN4O. The van der Waals surface area contributed by atoms with Gasteiger partial charge >= 0.3 is 0 Å². The Morgan fingerprint density at radius 2 is 2.28 bits per heavy atom. The summed E-state index contributed by atoms with van der Waals surface area (Å²) in [5.41, 5.74) is 6.62. The Balaban J connectivity index is 0.00000225. The largest absolute Gasteiger partial charge is 0.339 e. The lowest BCUT2D eigenvalue weighted by molar-refractivity contribution is -0.125. The van der Waals surface area contributed by atoms with Gasteiger partial charge in [-0.05, 0) is 58.6 Å². The highest BCUT2D eigenvalue weighted by molar-refractivity contribution is 9.10. The van der Waals surface area contributed by atoms with Gasteiger partial charge in [-0.1, -0.05) is 6.07 Å². The molecule has 0 saturated carbocycles. The number of nitrogens with zero attached hydrogens (tertiary/aromatic N) is 3. The third kappa shape index (κ3) is 4.68. The molecule has 2 heterocycles. The number of rotatable bonds is 4. The zero-order valence-electron chi connectivity index (χ0n) is 13.4. The number of halogens is 3. The van der Waals surface area contributed by atoms with Crippen LogP contribution in [0.4, 0.5) is 4.39 Å². The first-order chi connectivity index (χ1) is 11.6. The van der Waals surface area contributed by atoms with Crippen molar-refractivity contribution in [3.63, 3.8) is 0 Å². The molecule has 2 N–H and O–H groups in total. The molecule has 1 atom stereocenters. The third-order valence-corrected chi connectivity index (χ3v) is 4.53. The molecule has 3 rings (SSSR count). The number of aromatic nitrogens is 2. The molecule has 1 amide bonds. The van der Waals surface area contributed by atoms with Crippen LogP contribution in [-0.2, 0) is 4.79 Å². The molecule has 5 nitrogen and oxygen atoms in total. The number of carbonyl (C=O) groups is 1. The summed E-state index contributed by atoms with van der Waals surface area (Å²) in [4.78, 5) is 13.9. The van der Waals surface area contributed by atoms with Gasteiger partial charge in [-0.3, -0.25) is 4.79 Å². The van der Waals surface area contributed by atoms with Crippen LogP contribution in [0.15, 0.2) is 41.1 Å². The second kappa shape index (κ2) is 8.60. The van der Waals surface area contributed by atoms with Crippen molar-refractivity contribution in [1.82, 2.24) is 14.7 Å². The Morgan fingerprint density at radius 1 is 1.48 bits per heavy atom. The Morgan fingerprint density at radius 3 is 2.88 bits per heavy atom. The van der Waals surface area contributed by atoms with E-state index in [0.29, 0.717) is 30.3 Å². The van der Waals surface area contributed by atoms with Crippen molar-refractivity contribution in [3.05, 3.63) is 52.5 Å². The minimum atomic E-state index is -0.399. The number of benzene rings is 1. The molecule has 1 aliphatic heterocycles. The Bertz CT molecular complexity index is 780. The maximum atomic E-state index is 14.2. The number of amides is 1. The standard InChI is InChI=1S/C17H18BrFN4O.ClH/c18-14-9-21-23(11-14)16-3-1-12(7-15(16)19)2-4-17(24)22-6-5-13(8-20)10-22;/h1-4,7,9,11,13H,5-6,8,10,20H2;1H. The van der Waals surface area contributed by atoms with Crippen LogP contribution < -0.4 is 5.73 Å². The van der Waals surface area contributed by atoms with Gasteiger partial charge in [-0.15, -0.1) is 12.4 Å². The van der Waals surface area contributed by atoms with Crippen LogP contribution in [-0.4, -0.2) is 40.2 Å². The summed E-state index contributed by atoms with van der Waals surface area (Å²) in [6, 6.07) is 4.78.